The summed E-state index contributed by atoms with van der Waals surface area (Å²) in [5.41, 5.74) is 0. The summed E-state index contributed by atoms with van der Waals surface area (Å²) < 4.78 is 32.7. The van der Waals surface area contributed by atoms with Crippen molar-refractivity contribution in [2.24, 2.45) is 11.8 Å². The number of sulfonamides is 1. The van der Waals surface area contributed by atoms with Crippen LogP contribution in [0.2, 0.25) is 0 Å². The highest BCUT2D eigenvalue weighted by atomic mass is 79.9. The van der Waals surface area contributed by atoms with Crippen molar-refractivity contribution in [1.29, 1.82) is 0 Å². The fraction of sp³-hybridized carbons (Fsp3) is 0.538. The van der Waals surface area contributed by atoms with Gasteiger partial charge in [0.25, 0.3) is 0 Å². The second kappa shape index (κ2) is 6.42. The molecule has 0 spiro atoms. The van der Waals surface area contributed by atoms with Gasteiger partial charge in [0.15, 0.2) is 0 Å². The molecule has 0 radical (unpaired) electrons. The van der Waals surface area contributed by atoms with Crippen molar-refractivity contribution < 1.29 is 13.2 Å². The Kier molecular flexibility index (Phi) is 5.20. The van der Waals surface area contributed by atoms with Crippen LogP contribution in [0.15, 0.2) is 27.6 Å². The van der Waals surface area contributed by atoms with E-state index in [0.717, 1.165) is 13.1 Å². The lowest BCUT2D eigenvalue weighted by Crippen LogP contribution is -2.31. The van der Waals surface area contributed by atoms with E-state index in [1.54, 1.807) is 29.6 Å². The molecule has 2 aliphatic heterocycles. The molecule has 8 heteroatoms. The molecule has 0 amide bonds. The molecule has 2 heterocycles. The first-order chi connectivity index (χ1) is 9.52. The first kappa shape index (κ1) is 17.0. The highest BCUT2D eigenvalue weighted by Crippen LogP contribution is 2.33. The average Bonchev–Trinajstić information content (AvgIpc) is 2.99. The highest BCUT2D eigenvalue weighted by molar-refractivity contribution is 9.10. The van der Waals surface area contributed by atoms with Gasteiger partial charge in [-0.3, -0.25) is 0 Å². The van der Waals surface area contributed by atoms with E-state index < -0.39 is 10.0 Å². The maximum atomic E-state index is 12.7. The van der Waals surface area contributed by atoms with Gasteiger partial charge in [-0.2, -0.15) is 4.31 Å². The van der Waals surface area contributed by atoms with Crippen molar-refractivity contribution in [3.05, 3.63) is 22.7 Å². The molecule has 1 N–H and O–H groups in total. The van der Waals surface area contributed by atoms with Gasteiger partial charge in [0.1, 0.15) is 5.75 Å². The Morgan fingerprint density at radius 1 is 1.29 bits per heavy atom. The third-order valence-corrected chi connectivity index (χ3v) is 6.56. The Hall–Kier alpha value is -0.340. The van der Waals surface area contributed by atoms with Gasteiger partial charge >= 0.3 is 0 Å². The van der Waals surface area contributed by atoms with Gasteiger partial charge in [-0.15, -0.1) is 12.4 Å². The van der Waals surface area contributed by atoms with Crippen molar-refractivity contribution in [3.63, 3.8) is 0 Å². The van der Waals surface area contributed by atoms with Crippen LogP contribution < -0.4 is 10.1 Å². The molecule has 0 bridgehead atoms. The van der Waals surface area contributed by atoms with Crippen LogP contribution in [-0.4, -0.2) is 46.0 Å². The second-order valence-electron chi connectivity index (χ2n) is 5.30. The van der Waals surface area contributed by atoms with Gasteiger partial charge in [0.05, 0.1) is 16.5 Å². The minimum atomic E-state index is -3.41. The van der Waals surface area contributed by atoms with Crippen molar-refractivity contribution in [2.45, 2.75) is 4.90 Å². The summed E-state index contributed by atoms with van der Waals surface area (Å²) in [6, 6.07) is 4.89. The van der Waals surface area contributed by atoms with Gasteiger partial charge in [-0.25, -0.2) is 8.42 Å². The monoisotopic (exact) mass is 396 g/mol. The van der Waals surface area contributed by atoms with Crippen molar-refractivity contribution in [1.82, 2.24) is 9.62 Å². The third kappa shape index (κ3) is 3.07. The molecule has 0 aromatic heterocycles. The van der Waals surface area contributed by atoms with Crippen LogP contribution in [-0.2, 0) is 10.0 Å². The van der Waals surface area contributed by atoms with Crippen LogP contribution in [0, 0.1) is 11.8 Å². The lowest BCUT2D eigenvalue weighted by Gasteiger charge is -2.18. The molecule has 1 aromatic rings. The molecule has 21 heavy (non-hydrogen) atoms. The van der Waals surface area contributed by atoms with Crippen molar-refractivity contribution >= 4 is 38.4 Å². The minimum Gasteiger partial charge on any atom is -0.496 e. The number of halogens is 2. The first-order valence-electron chi connectivity index (χ1n) is 6.57. The fourth-order valence-corrected chi connectivity index (χ4v) is 5.24. The first-order valence-corrected chi connectivity index (χ1v) is 8.80. The zero-order chi connectivity index (χ0) is 14.3. The number of rotatable bonds is 3. The van der Waals surface area contributed by atoms with Crippen LogP contribution in [0.5, 0.6) is 5.75 Å². The number of benzene rings is 1. The number of hydrogen-bond acceptors (Lipinski definition) is 4. The molecule has 0 unspecified atom stereocenters. The molecule has 5 nitrogen and oxygen atoms in total. The lowest BCUT2D eigenvalue weighted by atomic mass is 10.0. The van der Waals surface area contributed by atoms with Crippen molar-refractivity contribution in [3.8, 4) is 5.75 Å². The number of nitrogens with one attached hydrogen (secondary N) is 1. The normalized spacial score (nSPS) is 25.4. The van der Waals surface area contributed by atoms with E-state index in [4.69, 9.17) is 4.74 Å². The zero-order valence-corrected chi connectivity index (χ0v) is 14.8. The van der Waals surface area contributed by atoms with E-state index in [1.165, 1.54) is 0 Å². The Balaban J connectivity index is 0.00000161. The van der Waals surface area contributed by atoms with Gasteiger partial charge in [0, 0.05) is 13.1 Å². The number of fused-ring (bicyclic) bond motifs is 1. The molecule has 0 saturated carbocycles. The van der Waals surface area contributed by atoms with E-state index >= 15 is 0 Å². The Bertz CT molecular complexity index is 614. The molecule has 2 atom stereocenters. The largest absolute Gasteiger partial charge is 0.496 e. The number of ether oxygens (including phenoxy) is 1. The lowest BCUT2D eigenvalue weighted by molar-refractivity contribution is 0.411. The summed E-state index contributed by atoms with van der Waals surface area (Å²) in [7, 11) is -1.85. The standard InChI is InChI=1S/C13H17BrN2O3S.ClH/c1-19-13-3-2-11(4-12(13)14)20(17,18)16-7-9-5-15-6-10(9)8-16;/h2-4,9-10,15H,5-8H2,1H3;1H/t9-,10+;. The van der Waals surface area contributed by atoms with E-state index in [-0.39, 0.29) is 12.4 Å². The number of hydrogen-bond donors (Lipinski definition) is 1. The van der Waals surface area contributed by atoms with E-state index in [0.29, 0.717) is 40.0 Å². The summed E-state index contributed by atoms with van der Waals surface area (Å²) in [5, 5.41) is 3.31. The van der Waals surface area contributed by atoms with Gasteiger partial charge in [-0.1, -0.05) is 0 Å². The molecule has 3 rings (SSSR count). The van der Waals surface area contributed by atoms with Gasteiger partial charge < -0.3 is 10.1 Å². The molecule has 2 fully saturated rings. The quantitative estimate of drug-likeness (QED) is 0.844. The van der Waals surface area contributed by atoms with Crippen LogP contribution in [0.4, 0.5) is 0 Å². The molecule has 2 aliphatic rings. The maximum Gasteiger partial charge on any atom is 0.243 e. The molecule has 2 saturated heterocycles. The average molecular weight is 398 g/mol. The van der Waals surface area contributed by atoms with Crippen molar-refractivity contribution in [2.75, 3.05) is 33.3 Å². The number of nitrogens with zero attached hydrogens (tertiary/aromatic N) is 1. The summed E-state index contributed by atoms with van der Waals surface area (Å²) in [5.74, 6) is 1.53. The Labute approximate surface area is 139 Å². The molecule has 1 aromatic carbocycles. The topological polar surface area (TPSA) is 58.6 Å². The summed E-state index contributed by atoms with van der Waals surface area (Å²) in [4.78, 5) is 0.318. The van der Waals surface area contributed by atoms with Crippen LogP contribution in [0.3, 0.4) is 0 Å². The molecular formula is C13H18BrClN2O3S. The zero-order valence-electron chi connectivity index (χ0n) is 11.6. The van der Waals surface area contributed by atoms with E-state index in [2.05, 4.69) is 21.2 Å². The summed E-state index contributed by atoms with van der Waals surface area (Å²) in [6.45, 7) is 3.07. The minimum absolute atomic E-state index is 0. The molecule has 118 valence electrons. The van der Waals surface area contributed by atoms with Crippen LogP contribution in [0.25, 0.3) is 0 Å². The smallest absolute Gasteiger partial charge is 0.243 e. The SMILES string of the molecule is COc1ccc(S(=O)(=O)N2C[C@H]3CNC[C@H]3C2)cc1Br.Cl. The van der Waals surface area contributed by atoms with Gasteiger partial charge in [0.2, 0.25) is 10.0 Å². The Morgan fingerprint density at radius 3 is 2.43 bits per heavy atom. The van der Waals surface area contributed by atoms with E-state index in [9.17, 15) is 8.42 Å². The molecule has 0 aliphatic carbocycles. The highest BCUT2D eigenvalue weighted by Gasteiger charge is 2.41. The summed E-state index contributed by atoms with van der Waals surface area (Å²) in [6.07, 6.45) is 0. The maximum absolute atomic E-state index is 12.7. The predicted octanol–water partition coefficient (Wildman–Crippen LogP) is 1.72. The second-order valence-corrected chi connectivity index (χ2v) is 8.09. The Morgan fingerprint density at radius 2 is 1.90 bits per heavy atom. The number of methoxy groups -OCH3 is 1. The van der Waals surface area contributed by atoms with Crippen LogP contribution >= 0.6 is 28.3 Å². The third-order valence-electron chi connectivity index (χ3n) is 4.12. The predicted molar refractivity (Wildman–Crippen MR) is 86.6 cm³/mol. The van der Waals surface area contributed by atoms with E-state index in [1.807, 2.05) is 0 Å². The van der Waals surface area contributed by atoms with Gasteiger partial charge in [-0.05, 0) is 59.1 Å². The fourth-order valence-electron chi connectivity index (χ4n) is 2.97. The summed E-state index contributed by atoms with van der Waals surface area (Å²) >= 11 is 3.34. The molecular weight excluding hydrogens is 380 g/mol. The van der Waals surface area contributed by atoms with Crippen LogP contribution in [0.1, 0.15) is 0 Å².